The van der Waals surface area contributed by atoms with Crippen LogP contribution >= 0.6 is 11.6 Å². The first kappa shape index (κ1) is 13.3. The van der Waals surface area contributed by atoms with Gasteiger partial charge in [-0.2, -0.15) is 0 Å². The number of halogens is 1. The lowest BCUT2D eigenvalue weighted by Gasteiger charge is -2.04. The Morgan fingerprint density at radius 2 is 2.00 bits per heavy atom. The zero-order chi connectivity index (χ0) is 12.0. The minimum Gasteiger partial charge on any atom is -0.407 e. The van der Waals surface area contributed by atoms with Crippen LogP contribution in [0.1, 0.15) is 51.3 Å². The highest BCUT2D eigenvalue weighted by atomic mass is 35.5. The fourth-order valence-corrected chi connectivity index (χ4v) is 1.43. The number of unbranched alkanes of at least 4 members (excludes halogenated alkanes) is 1. The fraction of sp³-hybridized carbons (Fsp3) is 0.818. The van der Waals surface area contributed by atoms with Gasteiger partial charge in [-0.05, 0) is 19.3 Å². The molecule has 1 rings (SSSR count). The fourth-order valence-electron chi connectivity index (χ4n) is 1.34. The molecule has 0 fully saturated rings. The largest absolute Gasteiger partial charge is 0.407 e. The summed E-state index contributed by atoms with van der Waals surface area (Å²) >= 11 is 5.81. The quantitative estimate of drug-likeness (QED) is 0.589. The van der Waals surface area contributed by atoms with E-state index in [1.165, 1.54) is 12.8 Å². The molecule has 5 heteroatoms. The lowest BCUT2D eigenvalue weighted by Crippen LogP contribution is -2.02. The van der Waals surface area contributed by atoms with Gasteiger partial charge in [-0.1, -0.05) is 31.8 Å². The van der Waals surface area contributed by atoms with Crippen LogP contribution in [0, 0.1) is 5.92 Å². The molecule has 1 atom stereocenters. The Morgan fingerprint density at radius 3 is 2.56 bits per heavy atom. The zero-order valence-electron chi connectivity index (χ0n) is 10.2. The van der Waals surface area contributed by atoms with E-state index in [1.807, 2.05) is 6.92 Å². The van der Waals surface area contributed by atoms with Crippen molar-refractivity contribution in [2.75, 3.05) is 11.9 Å². The van der Waals surface area contributed by atoms with Crippen LogP contribution in [0.25, 0.3) is 0 Å². The summed E-state index contributed by atoms with van der Waals surface area (Å²) in [7, 11) is 0. The van der Waals surface area contributed by atoms with Gasteiger partial charge in [0.1, 0.15) is 5.38 Å². The van der Waals surface area contributed by atoms with Crippen LogP contribution in [0.4, 0.5) is 6.01 Å². The van der Waals surface area contributed by atoms with Crippen molar-refractivity contribution in [1.82, 2.24) is 10.2 Å². The summed E-state index contributed by atoms with van der Waals surface area (Å²) in [5.74, 6) is 1.23. The van der Waals surface area contributed by atoms with Crippen molar-refractivity contribution >= 4 is 17.6 Å². The Labute approximate surface area is 102 Å². The molecule has 0 aliphatic heterocycles. The second kappa shape index (κ2) is 6.74. The van der Waals surface area contributed by atoms with E-state index in [1.54, 1.807) is 0 Å². The van der Waals surface area contributed by atoms with Gasteiger partial charge in [0.05, 0.1) is 0 Å². The van der Waals surface area contributed by atoms with Gasteiger partial charge < -0.3 is 9.73 Å². The Morgan fingerprint density at radius 1 is 1.25 bits per heavy atom. The molecule has 4 nitrogen and oxygen atoms in total. The third-order valence-electron chi connectivity index (χ3n) is 2.27. The first-order chi connectivity index (χ1) is 7.59. The van der Waals surface area contributed by atoms with Crippen LogP contribution in [0.15, 0.2) is 4.42 Å². The van der Waals surface area contributed by atoms with Crippen molar-refractivity contribution in [3.05, 3.63) is 5.89 Å². The van der Waals surface area contributed by atoms with Crippen molar-refractivity contribution in [3.63, 3.8) is 0 Å². The Hall–Kier alpha value is -0.770. The lowest BCUT2D eigenvalue weighted by molar-refractivity contribution is 0.501. The molecular weight excluding hydrogens is 226 g/mol. The molecule has 0 aliphatic rings. The van der Waals surface area contributed by atoms with Crippen molar-refractivity contribution < 1.29 is 4.42 Å². The maximum Gasteiger partial charge on any atom is 0.315 e. The average molecular weight is 246 g/mol. The Bertz CT molecular complexity index is 299. The lowest BCUT2D eigenvalue weighted by atomic mass is 10.1. The standard InChI is InChI=1S/C11H20ClN3O/c1-8(2)6-4-5-7-13-11-15-14-10(16-11)9(3)12/h8-9H,4-7H2,1-3H3,(H,13,15). The molecule has 0 aliphatic carbocycles. The molecule has 16 heavy (non-hydrogen) atoms. The maximum atomic E-state index is 5.81. The van der Waals surface area contributed by atoms with Gasteiger partial charge in [0.15, 0.2) is 0 Å². The van der Waals surface area contributed by atoms with Crippen LogP contribution in [0.2, 0.25) is 0 Å². The minimum absolute atomic E-state index is 0.232. The molecule has 1 unspecified atom stereocenters. The van der Waals surface area contributed by atoms with Crippen LogP contribution in [0.3, 0.4) is 0 Å². The molecule has 0 amide bonds. The second-order valence-electron chi connectivity index (χ2n) is 4.38. The summed E-state index contributed by atoms with van der Waals surface area (Å²) in [6.45, 7) is 7.14. The highest BCUT2D eigenvalue weighted by Gasteiger charge is 2.10. The van der Waals surface area contributed by atoms with Gasteiger partial charge in [0.2, 0.25) is 5.89 Å². The highest BCUT2D eigenvalue weighted by molar-refractivity contribution is 6.20. The number of hydrogen-bond acceptors (Lipinski definition) is 4. The van der Waals surface area contributed by atoms with E-state index in [-0.39, 0.29) is 5.38 Å². The van der Waals surface area contributed by atoms with Gasteiger partial charge in [0, 0.05) is 6.54 Å². The van der Waals surface area contributed by atoms with Crippen molar-refractivity contribution in [3.8, 4) is 0 Å². The summed E-state index contributed by atoms with van der Waals surface area (Å²) in [5.41, 5.74) is 0. The molecular formula is C11H20ClN3O. The first-order valence-corrected chi connectivity index (χ1v) is 6.24. The number of anilines is 1. The van der Waals surface area contributed by atoms with Gasteiger partial charge >= 0.3 is 6.01 Å². The number of aromatic nitrogens is 2. The van der Waals surface area contributed by atoms with Gasteiger partial charge in [-0.3, -0.25) is 0 Å². The molecule has 0 saturated heterocycles. The zero-order valence-corrected chi connectivity index (χ0v) is 10.9. The number of alkyl halides is 1. The second-order valence-corrected chi connectivity index (χ2v) is 5.03. The monoisotopic (exact) mass is 245 g/mol. The van der Waals surface area contributed by atoms with Crippen molar-refractivity contribution in [1.29, 1.82) is 0 Å². The van der Waals surface area contributed by atoms with Crippen molar-refractivity contribution in [2.45, 2.75) is 45.4 Å². The number of rotatable bonds is 7. The molecule has 1 heterocycles. The molecule has 0 spiro atoms. The minimum atomic E-state index is -0.232. The van der Waals surface area contributed by atoms with Gasteiger partial charge in [-0.25, -0.2) is 0 Å². The summed E-state index contributed by atoms with van der Waals surface area (Å²) in [6.07, 6.45) is 3.60. The van der Waals surface area contributed by atoms with E-state index in [0.29, 0.717) is 11.9 Å². The van der Waals surface area contributed by atoms with Crippen LogP contribution < -0.4 is 5.32 Å². The molecule has 1 aromatic rings. The van der Waals surface area contributed by atoms with Crippen molar-refractivity contribution in [2.24, 2.45) is 5.92 Å². The topological polar surface area (TPSA) is 51.0 Å². The Balaban J connectivity index is 2.17. The SMILES string of the molecule is CC(C)CCCCNc1nnc(C(C)Cl)o1. The highest BCUT2D eigenvalue weighted by Crippen LogP contribution is 2.19. The summed E-state index contributed by atoms with van der Waals surface area (Å²) < 4.78 is 5.31. The number of hydrogen-bond donors (Lipinski definition) is 1. The van der Waals surface area contributed by atoms with Gasteiger partial charge in [-0.15, -0.1) is 16.7 Å². The van der Waals surface area contributed by atoms with Crippen LogP contribution in [-0.2, 0) is 0 Å². The van der Waals surface area contributed by atoms with E-state index in [9.17, 15) is 0 Å². The van der Waals surface area contributed by atoms with E-state index >= 15 is 0 Å². The van der Waals surface area contributed by atoms with Crippen LogP contribution in [0.5, 0.6) is 0 Å². The summed E-state index contributed by atoms with van der Waals surface area (Å²) in [4.78, 5) is 0. The van der Waals surface area contributed by atoms with E-state index in [4.69, 9.17) is 16.0 Å². The predicted octanol–water partition coefficient (Wildman–Crippen LogP) is 3.61. The molecule has 0 aromatic carbocycles. The molecule has 92 valence electrons. The molecule has 0 radical (unpaired) electrons. The Kier molecular flexibility index (Phi) is 5.60. The summed E-state index contributed by atoms with van der Waals surface area (Å²) in [5, 5.41) is 10.6. The number of nitrogens with one attached hydrogen (secondary N) is 1. The third kappa shape index (κ3) is 4.84. The predicted molar refractivity (Wildman–Crippen MR) is 65.7 cm³/mol. The normalized spacial score (nSPS) is 13.1. The van der Waals surface area contributed by atoms with E-state index in [0.717, 1.165) is 18.9 Å². The molecule has 0 saturated carbocycles. The van der Waals surface area contributed by atoms with Gasteiger partial charge in [0.25, 0.3) is 0 Å². The van der Waals surface area contributed by atoms with E-state index in [2.05, 4.69) is 29.4 Å². The maximum absolute atomic E-state index is 5.81. The summed E-state index contributed by atoms with van der Waals surface area (Å²) in [6, 6.07) is 0.465. The molecule has 0 bridgehead atoms. The number of nitrogens with zero attached hydrogens (tertiary/aromatic N) is 2. The average Bonchev–Trinajstić information content (AvgIpc) is 2.65. The van der Waals surface area contributed by atoms with E-state index < -0.39 is 0 Å². The first-order valence-electron chi connectivity index (χ1n) is 5.81. The smallest absolute Gasteiger partial charge is 0.315 e. The third-order valence-corrected chi connectivity index (χ3v) is 2.45. The molecule has 1 N–H and O–H groups in total. The van der Waals surface area contributed by atoms with Crippen LogP contribution in [-0.4, -0.2) is 16.7 Å². The molecule has 1 aromatic heterocycles.